The summed E-state index contributed by atoms with van der Waals surface area (Å²) in [5, 5.41) is 0. The number of aromatic amines is 1. The van der Waals surface area contributed by atoms with Crippen molar-refractivity contribution in [1.29, 1.82) is 0 Å². The van der Waals surface area contributed by atoms with Gasteiger partial charge in [0.05, 0.1) is 6.33 Å². The van der Waals surface area contributed by atoms with Crippen molar-refractivity contribution in [2.24, 2.45) is 5.92 Å². The van der Waals surface area contributed by atoms with Crippen molar-refractivity contribution in [3.8, 4) is 0 Å². The van der Waals surface area contributed by atoms with E-state index in [0.29, 0.717) is 11.6 Å². The monoisotopic (exact) mass is 326 g/mol. The van der Waals surface area contributed by atoms with Gasteiger partial charge in [-0.3, -0.25) is 0 Å². The van der Waals surface area contributed by atoms with Crippen LogP contribution in [0, 0.1) is 5.92 Å². The van der Waals surface area contributed by atoms with Crippen molar-refractivity contribution >= 4 is 34.7 Å². The first kappa shape index (κ1) is 14.3. The number of aromatic nitrogens is 4. The highest BCUT2D eigenvalue weighted by Gasteiger charge is 2.26. The fraction of sp³-hybridized carbons (Fsp3) is 0.312. The molecule has 1 aromatic carbocycles. The molecule has 0 bridgehead atoms. The summed E-state index contributed by atoms with van der Waals surface area (Å²) < 4.78 is 0. The number of nitrogens with zero attached hydrogens (tertiary/aromatic N) is 4. The molecule has 23 heavy (non-hydrogen) atoms. The molecule has 0 saturated carbocycles. The average molecular weight is 326 g/mol. The summed E-state index contributed by atoms with van der Waals surface area (Å²) in [6.45, 7) is 1.98. The zero-order chi connectivity index (χ0) is 15.6. The molecule has 6 nitrogen and oxygen atoms in total. The van der Waals surface area contributed by atoms with Gasteiger partial charge in [-0.15, -0.1) is 11.8 Å². The summed E-state index contributed by atoms with van der Waals surface area (Å²) in [4.78, 5) is 19.5. The Kier molecular flexibility index (Phi) is 3.78. The van der Waals surface area contributed by atoms with E-state index in [1.165, 1.54) is 11.3 Å². The van der Waals surface area contributed by atoms with Crippen molar-refractivity contribution in [2.75, 3.05) is 29.5 Å². The Morgan fingerprint density at radius 1 is 1.26 bits per heavy atom. The number of fused-ring (bicyclic) bond motifs is 1. The van der Waals surface area contributed by atoms with Crippen LogP contribution in [-0.2, 0) is 0 Å². The number of nitrogen functional groups attached to an aromatic ring is 1. The average Bonchev–Trinajstić information content (AvgIpc) is 3.22. The molecule has 3 heterocycles. The molecule has 7 heteroatoms. The second-order valence-electron chi connectivity index (χ2n) is 5.73. The first-order valence-electron chi connectivity index (χ1n) is 7.69. The Balaban J connectivity index is 1.46. The van der Waals surface area contributed by atoms with Crippen LogP contribution in [0.2, 0.25) is 0 Å². The minimum absolute atomic E-state index is 0.279. The Morgan fingerprint density at radius 3 is 3.00 bits per heavy atom. The van der Waals surface area contributed by atoms with E-state index in [1.807, 2.05) is 11.8 Å². The van der Waals surface area contributed by atoms with E-state index in [2.05, 4.69) is 55.2 Å². The Bertz CT molecular complexity index is 803. The Hall–Kier alpha value is -2.28. The molecular weight excluding hydrogens is 308 g/mol. The summed E-state index contributed by atoms with van der Waals surface area (Å²) in [6, 6.07) is 10.5. The van der Waals surface area contributed by atoms with Gasteiger partial charge in [0.25, 0.3) is 0 Å². The summed E-state index contributed by atoms with van der Waals surface area (Å²) in [7, 11) is 0. The largest absolute Gasteiger partial charge is 0.368 e. The molecule has 3 aromatic rings. The first-order valence-corrected chi connectivity index (χ1v) is 8.67. The lowest BCUT2D eigenvalue weighted by Gasteiger charge is -2.18. The number of imidazole rings is 1. The number of thioether (sulfide) groups is 1. The van der Waals surface area contributed by atoms with Crippen LogP contribution >= 0.6 is 11.8 Å². The number of hydrogen-bond donors (Lipinski definition) is 2. The smallest absolute Gasteiger partial charge is 0.224 e. The predicted octanol–water partition coefficient (Wildman–Crippen LogP) is 2.55. The van der Waals surface area contributed by atoms with Gasteiger partial charge >= 0.3 is 0 Å². The molecule has 0 radical (unpaired) electrons. The van der Waals surface area contributed by atoms with Gasteiger partial charge in [-0.2, -0.15) is 9.97 Å². The maximum atomic E-state index is 5.81. The quantitative estimate of drug-likeness (QED) is 0.717. The third-order valence-corrected chi connectivity index (χ3v) is 5.34. The molecule has 118 valence electrons. The zero-order valence-corrected chi connectivity index (χ0v) is 13.5. The SMILES string of the molecule is Nc1nc(N2CCC(CSc3ccccc3)C2)c2[nH]cnc2n1. The van der Waals surface area contributed by atoms with Crippen molar-refractivity contribution in [3.05, 3.63) is 36.7 Å². The lowest BCUT2D eigenvalue weighted by Crippen LogP contribution is -2.22. The second kappa shape index (κ2) is 6.08. The lowest BCUT2D eigenvalue weighted by atomic mass is 10.2. The highest BCUT2D eigenvalue weighted by molar-refractivity contribution is 7.99. The second-order valence-corrected chi connectivity index (χ2v) is 6.82. The van der Waals surface area contributed by atoms with Crippen molar-refractivity contribution in [2.45, 2.75) is 11.3 Å². The molecule has 1 aliphatic rings. The third-order valence-electron chi connectivity index (χ3n) is 4.10. The summed E-state index contributed by atoms with van der Waals surface area (Å²) >= 11 is 1.92. The molecule has 1 saturated heterocycles. The fourth-order valence-electron chi connectivity index (χ4n) is 2.95. The van der Waals surface area contributed by atoms with Crippen molar-refractivity contribution < 1.29 is 0 Å². The van der Waals surface area contributed by atoms with E-state index in [-0.39, 0.29) is 5.95 Å². The van der Waals surface area contributed by atoms with Crippen molar-refractivity contribution in [1.82, 2.24) is 19.9 Å². The predicted molar refractivity (Wildman–Crippen MR) is 93.6 cm³/mol. The van der Waals surface area contributed by atoms with Crippen LogP contribution in [-0.4, -0.2) is 38.8 Å². The molecule has 1 unspecified atom stereocenters. The standard InChI is InChI=1S/C16H18N6S/c17-16-20-14-13(18-10-19-14)15(21-16)22-7-6-11(8-22)9-23-12-4-2-1-3-5-12/h1-5,10-11H,6-9H2,(H3,17,18,19,20,21). The number of benzene rings is 1. The molecule has 1 fully saturated rings. The lowest BCUT2D eigenvalue weighted by molar-refractivity contribution is 0.670. The third kappa shape index (κ3) is 2.96. The number of H-pyrrole nitrogens is 1. The maximum Gasteiger partial charge on any atom is 0.224 e. The number of nitrogens with two attached hydrogens (primary N) is 1. The van der Waals surface area contributed by atoms with Crippen molar-refractivity contribution in [3.63, 3.8) is 0 Å². The van der Waals surface area contributed by atoms with Crippen LogP contribution in [0.25, 0.3) is 11.2 Å². The zero-order valence-electron chi connectivity index (χ0n) is 12.6. The van der Waals surface area contributed by atoms with Gasteiger partial charge < -0.3 is 15.6 Å². The minimum Gasteiger partial charge on any atom is -0.368 e. The highest BCUT2D eigenvalue weighted by atomic mass is 32.2. The van der Waals surface area contributed by atoms with E-state index in [1.54, 1.807) is 6.33 Å². The van der Waals surface area contributed by atoms with Crippen LogP contribution in [0.15, 0.2) is 41.6 Å². The van der Waals surface area contributed by atoms with Gasteiger partial charge in [-0.25, -0.2) is 4.98 Å². The maximum absolute atomic E-state index is 5.81. The molecule has 3 N–H and O–H groups in total. The first-order chi connectivity index (χ1) is 11.3. The van der Waals surface area contributed by atoms with Gasteiger partial charge in [0.1, 0.15) is 5.52 Å². The summed E-state index contributed by atoms with van der Waals surface area (Å²) in [5.74, 6) is 2.92. The molecule has 1 atom stereocenters. The van der Waals surface area contributed by atoms with Gasteiger partial charge in [0.2, 0.25) is 5.95 Å². The number of nitrogens with one attached hydrogen (secondary N) is 1. The van der Waals surface area contributed by atoms with Gasteiger partial charge in [0, 0.05) is 23.7 Å². The fourth-order valence-corrected chi connectivity index (χ4v) is 4.00. The van der Waals surface area contributed by atoms with E-state index < -0.39 is 0 Å². The molecule has 0 spiro atoms. The number of anilines is 2. The molecule has 0 aliphatic carbocycles. The molecule has 2 aromatic heterocycles. The van der Waals surface area contributed by atoms with E-state index in [9.17, 15) is 0 Å². The van der Waals surface area contributed by atoms with Crippen LogP contribution in [0.1, 0.15) is 6.42 Å². The van der Waals surface area contributed by atoms with Gasteiger partial charge in [0.15, 0.2) is 11.5 Å². The Labute approximate surface area is 138 Å². The van der Waals surface area contributed by atoms with Crippen LogP contribution in [0.5, 0.6) is 0 Å². The van der Waals surface area contributed by atoms with E-state index in [4.69, 9.17) is 5.73 Å². The van der Waals surface area contributed by atoms with Crippen LogP contribution in [0.3, 0.4) is 0 Å². The van der Waals surface area contributed by atoms with Gasteiger partial charge in [-0.05, 0) is 24.5 Å². The van der Waals surface area contributed by atoms with E-state index >= 15 is 0 Å². The van der Waals surface area contributed by atoms with Gasteiger partial charge in [-0.1, -0.05) is 18.2 Å². The minimum atomic E-state index is 0.279. The molecule has 1 aliphatic heterocycles. The topological polar surface area (TPSA) is 83.7 Å². The Morgan fingerprint density at radius 2 is 2.13 bits per heavy atom. The number of hydrogen-bond acceptors (Lipinski definition) is 6. The van der Waals surface area contributed by atoms with Crippen LogP contribution < -0.4 is 10.6 Å². The normalized spacial score (nSPS) is 17.9. The number of rotatable bonds is 4. The molecule has 4 rings (SSSR count). The van der Waals surface area contributed by atoms with Crippen LogP contribution in [0.4, 0.5) is 11.8 Å². The summed E-state index contributed by atoms with van der Waals surface area (Å²) in [6.07, 6.45) is 2.81. The van der Waals surface area contributed by atoms with E-state index in [0.717, 1.165) is 30.2 Å². The highest BCUT2D eigenvalue weighted by Crippen LogP contribution is 2.30. The molecular formula is C16H18N6S. The summed E-state index contributed by atoms with van der Waals surface area (Å²) in [5.41, 5.74) is 7.32. The molecule has 0 amide bonds.